The first-order chi connectivity index (χ1) is 25.8. The monoisotopic (exact) mass is 663 g/mol. The summed E-state index contributed by atoms with van der Waals surface area (Å²) in [5.41, 5.74) is 11.9. The number of aromatic nitrogens is 3. The second-order valence-corrected chi connectivity index (χ2v) is 14.1. The Morgan fingerprint density at radius 1 is 0.519 bits per heavy atom. The van der Waals surface area contributed by atoms with E-state index in [1.165, 1.54) is 60.5 Å². The summed E-state index contributed by atoms with van der Waals surface area (Å²) in [4.78, 5) is 10.7. The lowest BCUT2D eigenvalue weighted by Gasteiger charge is -2.25. The van der Waals surface area contributed by atoms with E-state index >= 15 is 0 Å². The van der Waals surface area contributed by atoms with Crippen molar-refractivity contribution in [1.29, 1.82) is 0 Å². The molecule has 52 heavy (non-hydrogen) atoms. The van der Waals surface area contributed by atoms with Gasteiger partial charge in [0.15, 0.2) is 0 Å². The number of para-hydroxylation sites is 3. The van der Waals surface area contributed by atoms with Crippen molar-refractivity contribution >= 4 is 49.1 Å². The highest BCUT2D eigenvalue weighted by Crippen LogP contribution is 2.54. The van der Waals surface area contributed by atoms with Crippen LogP contribution in [0.15, 0.2) is 182 Å². The van der Waals surface area contributed by atoms with Gasteiger partial charge in [-0.3, -0.25) is 0 Å². The summed E-state index contributed by atoms with van der Waals surface area (Å²) in [6, 6.07) is 58.8. The fourth-order valence-corrected chi connectivity index (χ4v) is 9.06. The molecule has 0 spiro atoms. The summed E-state index contributed by atoms with van der Waals surface area (Å²) in [5, 5.41) is 6.14. The summed E-state index contributed by atoms with van der Waals surface area (Å²) in [7, 11) is 0. The number of rotatable bonds is 4. The van der Waals surface area contributed by atoms with Crippen LogP contribution in [0.5, 0.6) is 0 Å². The zero-order valence-corrected chi connectivity index (χ0v) is 28.4. The van der Waals surface area contributed by atoms with Crippen molar-refractivity contribution in [1.82, 2.24) is 14.5 Å². The quantitative estimate of drug-likeness (QED) is 0.188. The van der Waals surface area contributed by atoms with Crippen molar-refractivity contribution in [2.75, 3.05) is 0 Å². The summed E-state index contributed by atoms with van der Waals surface area (Å²) in [6.07, 6.45) is 7.33. The lowest BCUT2D eigenvalue weighted by molar-refractivity contribution is 0.549. The average molecular weight is 664 g/mol. The predicted molar refractivity (Wildman–Crippen MR) is 215 cm³/mol. The standard InChI is InChI=1S/C49H33N3/c1-3-15-31(16-4-1)47-40-24-11-13-25-44(40)50-49(51-47)46-37-22-9-7-19-34(37)42-29-32(27-28-38(42)46)41-30-43-36-21-12-14-26-45(36)52(33-17-5-2-6-18-33)48(43)39-23-10-8-20-35(39)41/h1-30,38,42,46H. The van der Waals surface area contributed by atoms with Gasteiger partial charge < -0.3 is 4.57 Å². The van der Waals surface area contributed by atoms with Gasteiger partial charge in [-0.1, -0.05) is 152 Å². The number of nitrogens with zero attached hydrogens (tertiary/aromatic N) is 3. The normalized spacial score (nSPS) is 17.8. The Kier molecular flexibility index (Phi) is 6.44. The molecular formula is C49H33N3. The van der Waals surface area contributed by atoms with Gasteiger partial charge in [-0.05, 0) is 58.0 Å². The van der Waals surface area contributed by atoms with Gasteiger partial charge in [-0.15, -0.1) is 0 Å². The minimum atomic E-state index is 0.0467. The second-order valence-electron chi connectivity index (χ2n) is 14.1. The molecule has 244 valence electrons. The van der Waals surface area contributed by atoms with Crippen LogP contribution < -0.4 is 0 Å². The van der Waals surface area contributed by atoms with Crippen molar-refractivity contribution in [3.05, 3.63) is 205 Å². The number of fused-ring (bicyclic) bond motifs is 9. The molecule has 0 saturated carbocycles. The van der Waals surface area contributed by atoms with Crippen LogP contribution in [0, 0.1) is 5.92 Å². The zero-order chi connectivity index (χ0) is 34.2. The molecule has 3 nitrogen and oxygen atoms in total. The van der Waals surface area contributed by atoms with E-state index in [9.17, 15) is 0 Å². The molecule has 7 aromatic carbocycles. The maximum Gasteiger partial charge on any atom is 0.137 e. The molecule has 3 atom stereocenters. The molecule has 2 aliphatic carbocycles. The molecule has 0 bridgehead atoms. The third-order valence-electron chi connectivity index (χ3n) is 11.3. The van der Waals surface area contributed by atoms with Crippen molar-refractivity contribution < 1.29 is 0 Å². The molecule has 0 aliphatic heterocycles. The first kappa shape index (κ1) is 29.2. The van der Waals surface area contributed by atoms with Crippen molar-refractivity contribution in [3.8, 4) is 16.9 Å². The Morgan fingerprint density at radius 3 is 2.00 bits per heavy atom. The van der Waals surface area contributed by atoms with Crippen LogP contribution in [0.1, 0.15) is 34.4 Å². The number of benzene rings is 7. The maximum atomic E-state index is 5.38. The minimum absolute atomic E-state index is 0.0467. The van der Waals surface area contributed by atoms with Crippen LogP contribution in [0.25, 0.3) is 66.0 Å². The van der Waals surface area contributed by atoms with E-state index in [1.807, 2.05) is 0 Å². The second kappa shape index (κ2) is 11.5. The fourth-order valence-electron chi connectivity index (χ4n) is 9.06. The first-order valence-electron chi connectivity index (χ1n) is 18.1. The number of allylic oxidation sites excluding steroid dienone is 4. The lowest BCUT2D eigenvalue weighted by atomic mass is 9.79. The van der Waals surface area contributed by atoms with E-state index in [2.05, 4.69) is 187 Å². The highest BCUT2D eigenvalue weighted by Gasteiger charge is 2.42. The summed E-state index contributed by atoms with van der Waals surface area (Å²) < 4.78 is 2.43. The Labute approximate surface area is 301 Å². The largest absolute Gasteiger partial charge is 0.309 e. The van der Waals surface area contributed by atoms with E-state index in [1.54, 1.807) is 0 Å². The molecule has 3 unspecified atom stereocenters. The van der Waals surface area contributed by atoms with Gasteiger partial charge in [-0.25, -0.2) is 9.97 Å². The maximum absolute atomic E-state index is 5.38. The molecule has 0 saturated heterocycles. The first-order valence-corrected chi connectivity index (χ1v) is 18.1. The van der Waals surface area contributed by atoms with Gasteiger partial charge in [-0.2, -0.15) is 0 Å². The van der Waals surface area contributed by atoms with Gasteiger partial charge in [0.05, 0.1) is 28.2 Å². The summed E-state index contributed by atoms with van der Waals surface area (Å²) >= 11 is 0. The molecule has 0 amide bonds. The van der Waals surface area contributed by atoms with Crippen LogP contribution in [-0.2, 0) is 0 Å². The highest BCUT2D eigenvalue weighted by molar-refractivity contribution is 6.21. The van der Waals surface area contributed by atoms with Crippen LogP contribution in [0.4, 0.5) is 0 Å². The Bertz CT molecular complexity index is 2920. The topological polar surface area (TPSA) is 30.7 Å². The van der Waals surface area contributed by atoms with E-state index in [0.717, 1.165) is 28.0 Å². The van der Waals surface area contributed by atoms with E-state index in [4.69, 9.17) is 9.97 Å². The predicted octanol–water partition coefficient (Wildman–Crippen LogP) is 12.0. The Hall–Kier alpha value is -6.58. The van der Waals surface area contributed by atoms with Crippen LogP contribution in [0.2, 0.25) is 0 Å². The highest BCUT2D eigenvalue weighted by atomic mass is 15.0. The van der Waals surface area contributed by atoms with Gasteiger partial charge in [0.1, 0.15) is 5.82 Å². The summed E-state index contributed by atoms with van der Waals surface area (Å²) in [5.74, 6) is 1.35. The molecule has 2 aliphatic rings. The Balaban J connectivity index is 1.10. The molecule has 0 radical (unpaired) electrons. The molecule has 11 rings (SSSR count). The Morgan fingerprint density at radius 2 is 1.17 bits per heavy atom. The van der Waals surface area contributed by atoms with E-state index in [0.29, 0.717) is 0 Å². The van der Waals surface area contributed by atoms with E-state index in [-0.39, 0.29) is 17.8 Å². The van der Waals surface area contributed by atoms with Crippen molar-refractivity contribution in [2.45, 2.75) is 11.8 Å². The number of hydrogen-bond donors (Lipinski definition) is 0. The van der Waals surface area contributed by atoms with Gasteiger partial charge in [0.2, 0.25) is 0 Å². The van der Waals surface area contributed by atoms with Gasteiger partial charge in [0, 0.05) is 44.6 Å². The molecule has 2 heterocycles. The third kappa shape index (κ3) is 4.32. The minimum Gasteiger partial charge on any atom is -0.309 e. The molecule has 2 aromatic heterocycles. The molecule has 9 aromatic rings. The third-order valence-corrected chi connectivity index (χ3v) is 11.3. The van der Waals surface area contributed by atoms with Gasteiger partial charge in [0.25, 0.3) is 0 Å². The smallest absolute Gasteiger partial charge is 0.137 e. The van der Waals surface area contributed by atoms with Crippen LogP contribution in [-0.4, -0.2) is 14.5 Å². The van der Waals surface area contributed by atoms with Gasteiger partial charge >= 0.3 is 0 Å². The molecule has 0 N–H and O–H groups in total. The van der Waals surface area contributed by atoms with Crippen LogP contribution in [0.3, 0.4) is 0 Å². The van der Waals surface area contributed by atoms with Crippen LogP contribution >= 0.6 is 0 Å². The van der Waals surface area contributed by atoms with Crippen molar-refractivity contribution in [2.24, 2.45) is 5.92 Å². The SMILES string of the molecule is C1=CC2C(C=C1c1cc3c4ccccc4n(-c4ccccc4)c3c3ccccc13)c1ccccc1C2c1nc(-c2ccccc2)c2ccccc2n1. The lowest BCUT2D eigenvalue weighted by Crippen LogP contribution is -2.16. The molecule has 3 heteroatoms. The zero-order valence-electron chi connectivity index (χ0n) is 28.4. The van der Waals surface area contributed by atoms with E-state index < -0.39 is 0 Å². The summed E-state index contributed by atoms with van der Waals surface area (Å²) in [6.45, 7) is 0. The molecular weight excluding hydrogens is 631 g/mol. The average Bonchev–Trinajstić information content (AvgIpc) is 3.73. The molecule has 0 fully saturated rings. The fraction of sp³-hybridized carbons (Fsp3) is 0.0612. The number of hydrogen-bond acceptors (Lipinski definition) is 2. The van der Waals surface area contributed by atoms with Crippen molar-refractivity contribution in [3.63, 3.8) is 0 Å².